The van der Waals surface area contributed by atoms with Gasteiger partial charge in [0.15, 0.2) is 5.75 Å². The number of amides is 6. The van der Waals surface area contributed by atoms with Crippen molar-refractivity contribution in [3.63, 3.8) is 0 Å². The van der Waals surface area contributed by atoms with Crippen molar-refractivity contribution < 1.29 is 43.1 Å². The third kappa shape index (κ3) is 5.73. The Hall–Kier alpha value is -3.96. The van der Waals surface area contributed by atoms with Gasteiger partial charge >= 0.3 is 12.2 Å². The van der Waals surface area contributed by atoms with Crippen LogP contribution < -0.4 is 4.84 Å². The Labute approximate surface area is 214 Å². The number of carbonyl (C=O) groups excluding carboxylic acids is 6. The van der Waals surface area contributed by atoms with Gasteiger partial charge < -0.3 is 14.3 Å². The van der Waals surface area contributed by atoms with Crippen LogP contribution >= 0.6 is 0 Å². The lowest BCUT2D eigenvalue weighted by molar-refractivity contribution is -0.149. The fourth-order valence-corrected chi connectivity index (χ4v) is 3.80. The first-order valence-electron chi connectivity index (χ1n) is 11.8. The van der Waals surface area contributed by atoms with Crippen LogP contribution in [0.4, 0.5) is 9.59 Å². The van der Waals surface area contributed by atoms with E-state index in [4.69, 9.17) is 14.3 Å². The molecule has 12 heteroatoms. The molecule has 1 saturated heterocycles. The van der Waals surface area contributed by atoms with E-state index in [9.17, 15) is 28.8 Å². The van der Waals surface area contributed by atoms with Gasteiger partial charge in [-0.2, -0.15) is 4.90 Å². The summed E-state index contributed by atoms with van der Waals surface area (Å²) in [4.78, 5) is 84.0. The second-order valence-corrected chi connectivity index (χ2v) is 10.5. The molecule has 0 spiro atoms. The number of carbonyl (C=O) groups is 6. The Bertz CT molecular complexity index is 1160. The molecule has 0 N–H and O–H groups in total. The van der Waals surface area contributed by atoms with Gasteiger partial charge in [0.05, 0.1) is 17.7 Å². The molecule has 2 aliphatic heterocycles. The number of benzene rings is 1. The fourth-order valence-electron chi connectivity index (χ4n) is 3.80. The van der Waals surface area contributed by atoms with Crippen LogP contribution in [0.3, 0.4) is 0 Å². The fraction of sp³-hybridized carbons (Fsp3) is 0.520. The quantitative estimate of drug-likeness (QED) is 0.435. The lowest BCUT2D eigenvalue weighted by Crippen LogP contribution is -2.58. The molecule has 37 heavy (non-hydrogen) atoms. The van der Waals surface area contributed by atoms with E-state index in [1.807, 2.05) is 0 Å². The van der Waals surface area contributed by atoms with Gasteiger partial charge in [0, 0.05) is 6.42 Å². The number of fused-ring (bicyclic) bond motifs is 1. The van der Waals surface area contributed by atoms with E-state index in [1.165, 1.54) is 18.2 Å². The van der Waals surface area contributed by atoms with E-state index in [0.717, 1.165) is 5.06 Å². The minimum absolute atomic E-state index is 0.0451. The Morgan fingerprint density at radius 3 is 2.16 bits per heavy atom. The molecule has 2 aliphatic rings. The number of likely N-dealkylation sites (tertiary alicyclic amines) is 1. The van der Waals surface area contributed by atoms with Crippen molar-refractivity contribution in [1.29, 1.82) is 0 Å². The molecule has 200 valence electrons. The number of nitrogens with zero attached hydrogens (tertiary/aromatic N) is 3. The Balaban J connectivity index is 1.90. The molecule has 1 aromatic carbocycles. The summed E-state index contributed by atoms with van der Waals surface area (Å²) in [5, 5.41) is 0.899. The molecule has 0 bridgehead atoms. The van der Waals surface area contributed by atoms with Gasteiger partial charge in [0.25, 0.3) is 17.7 Å². The van der Waals surface area contributed by atoms with Crippen LogP contribution in [0.2, 0.25) is 0 Å². The zero-order chi connectivity index (χ0) is 27.9. The molecule has 0 aliphatic carbocycles. The van der Waals surface area contributed by atoms with Crippen LogP contribution in [-0.2, 0) is 19.1 Å². The van der Waals surface area contributed by atoms with Gasteiger partial charge in [0.1, 0.15) is 17.2 Å². The van der Waals surface area contributed by atoms with Crippen molar-refractivity contribution in [3.05, 3.63) is 29.3 Å². The molecule has 3 rings (SSSR count). The predicted octanol–water partition coefficient (Wildman–Crippen LogP) is 3.29. The smallest absolute Gasteiger partial charge is 0.443 e. The summed E-state index contributed by atoms with van der Waals surface area (Å²) in [6, 6.07) is 2.85. The van der Waals surface area contributed by atoms with Gasteiger partial charge in [-0.1, -0.05) is 6.07 Å². The summed E-state index contributed by atoms with van der Waals surface area (Å²) < 4.78 is 10.5. The number of piperidine rings is 1. The summed E-state index contributed by atoms with van der Waals surface area (Å²) in [6.07, 6.45) is -2.38. The number of hydrogen-bond donors (Lipinski definition) is 0. The average Bonchev–Trinajstić information content (AvgIpc) is 3.00. The summed E-state index contributed by atoms with van der Waals surface area (Å²) in [5.41, 5.74) is -1.97. The molecule has 0 aromatic heterocycles. The third-order valence-corrected chi connectivity index (χ3v) is 5.28. The van der Waals surface area contributed by atoms with Crippen LogP contribution in [0, 0.1) is 0 Å². The first kappa shape index (κ1) is 27.6. The van der Waals surface area contributed by atoms with Crippen LogP contribution in [0.25, 0.3) is 0 Å². The second-order valence-electron chi connectivity index (χ2n) is 10.5. The van der Waals surface area contributed by atoms with Crippen molar-refractivity contribution in [2.75, 3.05) is 6.54 Å². The van der Waals surface area contributed by atoms with E-state index < -0.39 is 53.1 Å². The van der Waals surface area contributed by atoms with E-state index in [1.54, 1.807) is 48.5 Å². The van der Waals surface area contributed by atoms with Crippen molar-refractivity contribution in [2.24, 2.45) is 0 Å². The van der Waals surface area contributed by atoms with Crippen molar-refractivity contribution >= 4 is 35.8 Å². The summed E-state index contributed by atoms with van der Waals surface area (Å²) in [6.45, 7) is 11.5. The van der Waals surface area contributed by atoms with Gasteiger partial charge in [-0.05, 0) is 67.0 Å². The lowest BCUT2D eigenvalue weighted by atomic mass is 10.0. The molecular weight excluding hydrogens is 486 g/mol. The van der Waals surface area contributed by atoms with Gasteiger partial charge in [0.2, 0.25) is 5.91 Å². The zero-order valence-electron chi connectivity index (χ0n) is 21.9. The van der Waals surface area contributed by atoms with Gasteiger partial charge in [-0.25, -0.2) is 9.59 Å². The SMILES string of the molecule is CCN(Oc1cccc2c1C(=O)N(C1CCC(=O)N(C(=O)OC(C)(C)C)C1=O)C2=O)C(=O)OC(C)(C)C. The molecular formula is C25H31N3O9. The molecule has 12 nitrogen and oxygen atoms in total. The molecule has 6 amide bonds. The third-order valence-electron chi connectivity index (χ3n) is 5.28. The highest BCUT2D eigenvalue weighted by molar-refractivity contribution is 6.25. The first-order chi connectivity index (χ1) is 17.1. The molecule has 1 atom stereocenters. The number of rotatable bonds is 4. The van der Waals surface area contributed by atoms with E-state index >= 15 is 0 Å². The standard InChI is InChI=1S/C25H31N3O9/c1-8-26(22(33)35-24(2,3)4)37-16-11-9-10-14-18(16)21(32)27(19(14)30)15-12-13-17(29)28(20(15)31)23(34)36-25(5,6)7/h9-11,15H,8,12-13H2,1-7H3. The molecule has 0 saturated carbocycles. The van der Waals surface area contributed by atoms with Crippen molar-refractivity contribution in [3.8, 4) is 5.75 Å². The maximum atomic E-state index is 13.4. The summed E-state index contributed by atoms with van der Waals surface area (Å²) in [7, 11) is 0. The van der Waals surface area contributed by atoms with Crippen molar-refractivity contribution in [2.45, 2.75) is 78.6 Å². The Morgan fingerprint density at radius 1 is 0.973 bits per heavy atom. The predicted molar refractivity (Wildman–Crippen MR) is 127 cm³/mol. The van der Waals surface area contributed by atoms with Crippen LogP contribution in [0.15, 0.2) is 18.2 Å². The average molecular weight is 518 g/mol. The van der Waals surface area contributed by atoms with E-state index in [0.29, 0.717) is 9.80 Å². The number of ether oxygens (including phenoxy) is 2. The Morgan fingerprint density at radius 2 is 1.59 bits per heavy atom. The highest BCUT2D eigenvalue weighted by atomic mass is 16.7. The number of hydrogen-bond acceptors (Lipinski definition) is 9. The minimum atomic E-state index is -1.40. The Kier molecular flexibility index (Phi) is 7.34. The highest BCUT2D eigenvalue weighted by Gasteiger charge is 2.50. The highest BCUT2D eigenvalue weighted by Crippen LogP contribution is 2.35. The van der Waals surface area contributed by atoms with Crippen molar-refractivity contribution in [1.82, 2.24) is 14.9 Å². The molecule has 1 fully saturated rings. The molecule has 0 radical (unpaired) electrons. The maximum Gasteiger partial charge on any atom is 0.443 e. The largest absolute Gasteiger partial charge is 0.443 e. The van der Waals surface area contributed by atoms with E-state index in [2.05, 4.69) is 0 Å². The number of imide groups is 4. The summed E-state index contributed by atoms with van der Waals surface area (Å²) in [5.74, 6) is -3.55. The van der Waals surface area contributed by atoms with Crippen LogP contribution in [0.1, 0.15) is 82.0 Å². The molecule has 1 unspecified atom stereocenters. The lowest BCUT2D eigenvalue weighted by Gasteiger charge is -2.34. The minimum Gasteiger partial charge on any atom is -0.443 e. The zero-order valence-corrected chi connectivity index (χ0v) is 21.9. The summed E-state index contributed by atoms with van der Waals surface area (Å²) >= 11 is 0. The first-order valence-corrected chi connectivity index (χ1v) is 11.8. The van der Waals surface area contributed by atoms with Gasteiger partial charge in [-0.3, -0.25) is 24.1 Å². The van der Waals surface area contributed by atoms with Crippen LogP contribution in [0.5, 0.6) is 5.75 Å². The molecule has 2 heterocycles. The monoisotopic (exact) mass is 517 g/mol. The normalized spacial score (nSPS) is 18.1. The molecule has 1 aromatic rings. The number of hydroxylamine groups is 2. The van der Waals surface area contributed by atoms with Gasteiger partial charge in [-0.15, -0.1) is 5.06 Å². The topological polar surface area (TPSA) is 140 Å². The second kappa shape index (κ2) is 9.83. The maximum absolute atomic E-state index is 13.4. The van der Waals surface area contributed by atoms with Crippen LogP contribution in [-0.4, -0.2) is 74.5 Å². The van der Waals surface area contributed by atoms with E-state index in [-0.39, 0.29) is 36.3 Å².